The molecule has 0 aliphatic rings. The molecule has 1 rings (SSSR count). The van der Waals surface area contributed by atoms with E-state index in [0.717, 1.165) is 11.8 Å². The van der Waals surface area contributed by atoms with E-state index in [1.54, 1.807) is 5.25 Å². The summed E-state index contributed by atoms with van der Waals surface area (Å²) >= 11 is 1.94. The van der Waals surface area contributed by atoms with Gasteiger partial charge in [0.15, 0.2) is 0 Å². The zero-order chi connectivity index (χ0) is 15.5. The highest BCUT2D eigenvalue weighted by Crippen LogP contribution is 2.32. The van der Waals surface area contributed by atoms with E-state index in [9.17, 15) is 0 Å². The van der Waals surface area contributed by atoms with Gasteiger partial charge in [0.25, 0.3) is 0 Å². The number of hydrogen-bond donors (Lipinski definition) is 0. The minimum Gasteiger partial charge on any atom is -0.118 e. The minimum absolute atomic E-state index is 0.892. The highest BCUT2D eigenvalue weighted by Gasteiger charge is 2.08. The number of hydrogen-bond acceptors (Lipinski definition) is 1. The number of rotatable bonds is 11. The molecule has 21 heavy (non-hydrogen) atoms. The lowest BCUT2D eigenvalue weighted by Gasteiger charge is -2.15. The highest BCUT2D eigenvalue weighted by molar-refractivity contribution is 8.02. The van der Waals surface area contributed by atoms with Gasteiger partial charge >= 0.3 is 0 Å². The van der Waals surface area contributed by atoms with Crippen LogP contribution in [0.25, 0.3) is 0 Å². The summed E-state index contributed by atoms with van der Waals surface area (Å²) in [7, 11) is 0. The van der Waals surface area contributed by atoms with Crippen molar-refractivity contribution in [2.75, 3.05) is 0 Å². The first-order valence-corrected chi connectivity index (χ1v) is 9.48. The van der Waals surface area contributed by atoms with Crippen molar-refractivity contribution in [2.24, 2.45) is 11.8 Å². The van der Waals surface area contributed by atoms with E-state index < -0.39 is 0 Å². The van der Waals surface area contributed by atoms with Crippen LogP contribution in [-0.4, -0.2) is 0 Å². The van der Waals surface area contributed by atoms with Crippen molar-refractivity contribution in [3.63, 3.8) is 0 Å². The Balaban J connectivity index is 2.07. The van der Waals surface area contributed by atoms with E-state index in [-0.39, 0.29) is 0 Å². The van der Waals surface area contributed by atoms with Gasteiger partial charge in [-0.2, -0.15) is 0 Å². The number of thioether (sulfide) groups is 1. The van der Waals surface area contributed by atoms with Crippen LogP contribution in [0.3, 0.4) is 0 Å². The van der Waals surface area contributed by atoms with Gasteiger partial charge in [0.2, 0.25) is 0 Å². The lowest BCUT2D eigenvalue weighted by atomic mass is 9.94. The topological polar surface area (TPSA) is 0 Å². The fourth-order valence-electron chi connectivity index (χ4n) is 2.60. The van der Waals surface area contributed by atoms with Crippen LogP contribution in [0, 0.1) is 17.1 Å². The normalized spacial score (nSPS) is 14.3. The largest absolute Gasteiger partial charge is 0.118 e. The van der Waals surface area contributed by atoms with Crippen LogP contribution in [0.1, 0.15) is 72.6 Å². The third kappa shape index (κ3) is 9.24. The monoisotopic (exact) mass is 305 g/mol. The molecule has 1 aromatic carbocycles. The maximum absolute atomic E-state index is 2.43. The van der Waals surface area contributed by atoms with Gasteiger partial charge in [-0.1, -0.05) is 77.5 Å². The summed E-state index contributed by atoms with van der Waals surface area (Å²) in [6.45, 7) is 9.39. The highest BCUT2D eigenvalue weighted by atomic mass is 32.2. The van der Waals surface area contributed by atoms with Gasteiger partial charge in [-0.25, -0.2) is 0 Å². The Hall–Kier alpha value is -0.430. The Labute approximate surface area is 137 Å². The van der Waals surface area contributed by atoms with Crippen LogP contribution < -0.4 is 0 Å². The van der Waals surface area contributed by atoms with Crippen molar-refractivity contribution in [1.82, 2.24) is 0 Å². The van der Waals surface area contributed by atoms with Crippen LogP contribution in [0.15, 0.2) is 35.2 Å². The molecule has 0 fully saturated rings. The minimum atomic E-state index is 0.892. The molecule has 2 atom stereocenters. The van der Waals surface area contributed by atoms with E-state index in [0.29, 0.717) is 0 Å². The smallest absolute Gasteiger partial charge is 0.0326 e. The van der Waals surface area contributed by atoms with E-state index in [4.69, 9.17) is 0 Å². The molecule has 1 heteroatoms. The first-order valence-electron chi connectivity index (χ1n) is 8.67. The third-order valence-electron chi connectivity index (χ3n) is 4.35. The summed E-state index contributed by atoms with van der Waals surface area (Å²) < 4.78 is 0. The summed E-state index contributed by atoms with van der Waals surface area (Å²) in [5.74, 6) is 1.80. The van der Waals surface area contributed by atoms with E-state index in [2.05, 4.69) is 58.0 Å². The van der Waals surface area contributed by atoms with E-state index in [1.807, 2.05) is 11.8 Å². The molecule has 1 aromatic rings. The molecule has 119 valence electrons. The van der Waals surface area contributed by atoms with Gasteiger partial charge in [0.05, 0.1) is 0 Å². The van der Waals surface area contributed by atoms with Gasteiger partial charge in [0.1, 0.15) is 0 Å². The molecule has 2 unspecified atom stereocenters. The molecule has 0 aliphatic heterocycles. The molecular weight excluding hydrogens is 272 g/mol. The van der Waals surface area contributed by atoms with Crippen LogP contribution >= 0.6 is 11.8 Å². The molecule has 0 nitrogen and oxygen atoms in total. The molecule has 0 saturated carbocycles. The molecule has 0 aliphatic carbocycles. The first-order chi connectivity index (χ1) is 10.1. The summed E-state index contributed by atoms with van der Waals surface area (Å²) in [4.78, 5) is 1.37. The van der Waals surface area contributed by atoms with Crippen molar-refractivity contribution in [1.29, 1.82) is 0 Å². The molecular formula is C20H33S. The van der Waals surface area contributed by atoms with E-state index in [1.165, 1.54) is 49.8 Å². The van der Waals surface area contributed by atoms with Gasteiger partial charge in [-0.05, 0) is 37.3 Å². The fraction of sp³-hybridized carbons (Fsp3) is 0.650. The molecule has 1 radical (unpaired) electrons. The van der Waals surface area contributed by atoms with Crippen LogP contribution in [0.2, 0.25) is 0 Å². The molecule has 0 bridgehead atoms. The first kappa shape index (κ1) is 18.6. The summed E-state index contributed by atoms with van der Waals surface area (Å²) in [5.41, 5.74) is 0. The second kappa shape index (κ2) is 11.2. The van der Waals surface area contributed by atoms with Crippen LogP contribution in [0.4, 0.5) is 0 Å². The average molecular weight is 306 g/mol. The maximum Gasteiger partial charge on any atom is 0.0326 e. The summed E-state index contributed by atoms with van der Waals surface area (Å²) in [6, 6.07) is 10.7. The molecule has 0 saturated heterocycles. The second-order valence-corrected chi connectivity index (χ2v) is 7.93. The average Bonchev–Trinajstić information content (AvgIpc) is 2.48. The quantitative estimate of drug-likeness (QED) is 0.385. The zero-order valence-electron chi connectivity index (χ0n) is 14.4. The van der Waals surface area contributed by atoms with Gasteiger partial charge in [0, 0.05) is 10.1 Å². The Morgan fingerprint density at radius 1 is 0.952 bits per heavy atom. The third-order valence-corrected chi connectivity index (χ3v) is 5.41. The van der Waals surface area contributed by atoms with Gasteiger partial charge in [-0.3, -0.25) is 0 Å². The second-order valence-electron chi connectivity index (χ2n) is 6.56. The van der Waals surface area contributed by atoms with Crippen molar-refractivity contribution in [3.8, 4) is 0 Å². The Morgan fingerprint density at radius 3 is 2.24 bits per heavy atom. The van der Waals surface area contributed by atoms with Crippen molar-refractivity contribution >= 4 is 11.8 Å². The van der Waals surface area contributed by atoms with Crippen molar-refractivity contribution < 1.29 is 0 Å². The lowest BCUT2D eigenvalue weighted by Crippen LogP contribution is -1.99. The van der Waals surface area contributed by atoms with Crippen molar-refractivity contribution in [3.05, 3.63) is 35.6 Å². The van der Waals surface area contributed by atoms with Crippen molar-refractivity contribution in [2.45, 2.75) is 77.5 Å². The molecule has 0 aromatic heterocycles. The molecule has 0 heterocycles. The SMILES string of the molecule is CCC(C)CCCC(C)CCC[C](C)Sc1ccccc1. The molecule has 0 N–H and O–H groups in total. The van der Waals surface area contributed by atoms with Gasteiger partial charge in [-0.15, -0.1) is 11.8 Å². The molecule has 0 amide bonds. The summed E-state index contributed by atoms with van der Waals surface area (Å²) in [5, 5.41) is 1.55. The fourth-order valence-corrected chi connectivity index (χ4v) is 3.55. The zero-order valence-corrected chi connectivity index (χ0v) is 15.2. The van der Waals surface area contributed by atoms with E-state index >= 15 is 0 Å². The van der Waals surface area contributed by atoms with Crippen LogP contribution in [0.5, 0.6) is 0 Å². The predicted octanol–water partition coefficient (Wildman–Crippen LogP) is 7.35. The molecule has 0 spiro atoms. The van der Waals surface area contributed by atoms with Crippen LogP contribution in [-0.2, 0) is 0 Å². The Morgan fingerprint density at radius 2 is 1.57 bits per heavy atom. The maximum atomic E-state index is 2.43. The predicted molar refractivity (Wildman–Crippen MR) is 97.5 cm³/mol. The Bertz CT molecular complexity index is 346. The summed E-state index contributed by atoms with van der Waals surface area (Å²) in [6.07, 6.45) is 9.56. The van der Waals surface area contributed by atoms with Gasteiger partial charge < -0.3 is 0 Å². The Kier molecular flexibility index (Phi) is 9.91. The number of benzene rings is 1. The standard InChI is InChI=1S/C20H33S/c1-5-17(2)11-9-12-18(3)13-10-14-19(4)21-20-15-7-6-8-16-20/h6-8,15-18H,5,9-14H2,1-4H3. The lowest BCUT2D eigenvalue weighted by molar-refractivity contribution is 0.411.